The van der Waals surface area contributed by atoms with Gasteiger partial charge in [-0.3, -0.25) is 4.79 Å². The second-order valence-corrected chi connectivity index (χ2v) is 4.71. The Labute approximate surface area is 67.5 Å². The predicted octanol–water partition coefficient (Wildman–Crippen LogP) is 2.32. The summed E-state index contributed by atoms with van der Waals surface area (Å²) < 4.78 is 0. The minimum atomic E-state index is 0.198. The Kier molecular flexibility index (Phi) is 1.14. The van der Waals surface area contributed by atoms with Crippen LogP contribution in [0.25, 0.3) is 0 Å². The van der Waals surface area contributed by atoms with Gasteiger partial charge in [0.1, 0.15) is 5.78 Å². The van der Waals surface area contributed by atoms with Crippen molar-refractivity contribution in [3.8, 4) is 0 Å². The molecule has 0 aromatic rings. The molecular weight excluding hydrogens is 136 g/mol. The molecule has 1 saturated carbocycles. The van der Waals surface area contributed by atoms with E-state index in [9.17, 15) is 4.79 Å². The normalized spacial score (nSPS) is 48.4. The molecule has 0 spiro atoms. The highest BCUT2D eigenvalue weighted by Gasteiger charge is 2.44. The second kappa shape index (κ2) is 1.77. The molecule has 0 aromatic heterocycles. The van der Waals surface area contributed by atoms with E-state index in [0.29, 0.717) is 5.78 Å². The lowest BCUT2D eigenvalue weighted by Crippen LogP contribution is -2.30. The van der Waals surface area contributed by atoms with Crippen molar-refractivity contribution < 1.29 is 4.79 Å². The Morgan fingerprint density at radius 3 is 2.09 bits per heavy atom. The maximum Gasteiger partial charge on any atom is 0.134 e. The summed E-state index contributed by atoms with van der Waals surface area (Å²) in [7, 11) is 0. The van der Waals surface area contributed by atoms with E-state index < -0.39 is 0 Å². The summed E-state index contributed by atoms with van der Waals surface area (Å²) in [5, 5.41) is 0. The first-order valence-electron chi connectivity index (χ1n) is 4.24. The Bertz CT molecular complexity index is 219. The summed E-state index contributed by atoms with van der Waals surface area (Å²) in [5.41, 5.74) is 0.397. The maximum absolute atomic E-state index is 11.3. The highest BCUT2D eigenvalue weighted by molar-refractivity contribution is 5.82. The molecule has 0 N–H and O–H groups in total. The number of fused-ring (bicyclic) bond motifs is 2. The lowest BCUT2D eigenvalue weighted by molar-refractivity contribution is -0.124. The van der Waals surface area contributed by atoms with Crippen LogP contribution in [0.2, 0.25) is 0 Å². The summed E-state index contributed by atoms with van der Waals surface area (Å²) in [6.07, 6.45) is 7.17. The third kappa shape index (κ3) is 1.03. The van der Waals surface area contributed by atoms with Gasteiger partial charge in [0.15, 0.2) is 0 Å². The molecular formula is C10H14O. The predicted molar refractivity (Wildman–Crippen MR) is 44.2 cm³/mol. The molecule has 1 heteroatoms. The SMILES string of the molecule is C[C@]12C=C[C@](C)(CC(=O)C1)C2. The fourth-order valence-electron chi connectivity index (χ4n) is 2.65. The van der Waals surface area contributed by atoms with Crippen LogP contribution >= 0.6 is 0 Å². The monoisotopic (exact) mass is 150 g/mol. The molecule has 1 nitrogen and oxygen atoms in total. The number of Topliss-reactive ketones (excluding diaryl/α,β-unsaturated/α-hetero) is 1. The summed E-state index contributed by atoms with van der Waals surface area (Å²) >= 11 is 0. The maximum atomic E-state index is 11.3. The van der Waals surface area contributed by atoms with Gasteiger partial charge in [-0.15, -0.1) is 0 Å². The Balaban J connectivity index is 2.35. The molecule has 0 aliphatic heterocycles. The molecule has 0 radical (unpaired) electrons. The van der Waals surface area contributed by atoms with Gasteiger partial charge in [-0.05, 0) is 17.3 Å². The first kappa shape index (κ1) is 7.08. The highest BCUT2D eigenvalue weighted by Crippen LogP contribution is 2.51. The van der Waals surface area contributed by atoms with Crippen molar-refractivity contribution in [1.82, 2.24) is 0 Å². The van der Waals surface area contributed by atoms with Crippen LogP contribution in [0.1, 0.15) is 33.1 Å². The zero-order valence-electron chi connectivity index (χ0n) is 7.18. The lowest BCUT2D eigenvalue weighted by atomic mass is 9.69. The zero-order chi connectivity index (χ0) is 8.11. The molecule has 0 unspecified atom stereocenters. The first-order chi connectivity index (χ1) is 5.02. The number of hydrogen-bond donors (Lipinski definition) is 0. The van der Waals surface area contributed by atoms with Crippen LogP contribution in [-0.4, -0.2) is 5.78 Å². The molecule has 2 atom stereocenters. The third-order valence-corrected chi connectivity index (χ3v) is 2.90. The van der Waals surface area contributed by atoms with Crippen molar-refractivity contribution in [3.63, 3.8) is 0 Å². The largest absolute Gasteiger partial charge is 0.300 e. The van der Waals surface area contributed by atoms with Crippen molar-refractivity contribution >= 4 is 5.78 Å². The Morgan fingerprint density at radius 1 is 1.18 bits per heavy atom. The fraction of sp³-hybridized carbons (Fsp3) is 0.700. The van der Waals surface area contributed by atoms with Gasteiger partial charge in [0.2, 0.25) is 0 Å². The fourth-order valence-corrected chi connectivity index (χ4v) is 2.65. The molecule has 1 fully saturated rings. The number of rotatable bonds is 0. The quantitative estimate of drug-likeness (QED) is 0.484. The topological polar surface area (TPSA) is 17.1 Å². The lowest BCUT2D eigenvalue weighted by Gasteiger charge is -2.34. The number of hydrogen-bond acceptors (Lipinski definition) is 1. The van der Waals surface area contributed by atoms with Crippen LogP contribution < -0.4 is 0 Å². The van der Waals surface area contributed by atoms with E-state index in [1.54, 1.807) is 0 Å². The zero-order valence-corrected chi connectivity index (χ0v) is 7.18. The highest BCUT2D eigenvalue weighted by atomic mass is 16.1. The van der Waals surface area contributed by atoms with Crippen LogP contribution in [0.3, 0.4) is 0 Å². The number of allylic oxidation sites excluding steroid dienone is 2. The standard InChI is InChI=1S/C10H14O/c1-9-3-4-10(2,7-9)6-8(11)5-9/h3-4H,5-7H2,1-2H3/t9-,10+. The van der Waals surface area contributed by atoms with Crippen LogP contribution in [0.15, 0.2) is 12.2 Å². The van der Waals surface area contributed by atoms with Crippen molar-refractivity contribution in [3.05, 3.63) is 12.2 Å². The Morgan fingerprint density at radius 2 is 1.64 bits per heavy atom. The molecule has 0 aromatic carbocycles. The van der Waals surface area contributed by atoms with Gasteiger partial charge in [-0.25, -0.2) is 0 Å². The summed E-state index contributed by atoms with van der Waals surface area (Å²) in [4.78, 5) is 11.3. The molecule has 11 heavy (non-hydrogen) atoms. The van der Waals surface area contributed by atoms with Gasteiger partial charge in [-0.2, -0.15) is 0 Å². The van der Waals surface area contributed by atoms with Crippen LogP contribution in [0.4, 0.5) is 0 Å². The summed E-state index contributed by atoms with van der Waals surface area (Å²) in [6.45, 7) is 4.37. The van der Waals surface area contributed by atoms with Gasteiger partial charge in [0, 0.05) is 12.8 Å². The molecule has 0 saturated heterocycles. The van der Waals surface area contributed by atoms with Gasteiger partial charge in [0.05, 0.1) is 0 Å². The summed E-state index contributed by atoms with van der Waals surface area (Å²) in [6, 6.07) is 0. The molecule has 0 heterocycles. The molecule has 2 rings (SSSR count). The smallest absolute Gasteiger partial charge is 0.134 e. The van der Waals surface area contributed by atoms with Gasteiger partial charge in [-0.1, -0.05) is 26.0 Å². The molecule has 2 aliphatic carbocycles. The average molecular weight is 150 g/mol. The van der Waals surface area contributed by atoms with Crippen LogP contribution in [0.5, 0.6) is 0 Å². The number of carbonyl (C=O) groups excluding carboxylic acids is 1. The van der Waals surface area contributed by atoms with Gasteiger partial charge in [0.25, 0.3) is 0 Å². The van der Waals surface area contributed by atoms with Crippen molar-refractivity contribution in [2.75, 3.05) is 0 Å². The van der Waals surface area contributed by atoms with Crippen molar-refractivity contribution in [2.45, 2.75) is 33.1 Å². The second-order valence-electron chi connectivity index (χ2n) is 4.71. The molecule has 2 aliphatic rings. The van der Waals surface area contributed by atoms with E-state index in [2.05, 4.69) is 26.0 Å². The van der Waals surface area contributed by atoms with Gasteiger partial charge < -0.3 is 0 Å². The number of ketones is 1. The summed E-state index contributed by atoms with van der Waals surface area (Å²) in [5.74, 6) is 0.436. The van der Waals surface area contributed by atoms with E-state index >= 15 is 0 Å². The molecule has 0 amide bonds. The molecule has 2 bridgehead atoms. The van der Waals surface area contributed by atoms with Crippen LogP contribution in [-0.2, 0) is 4.79 Å². The van der Waals surface area contributed by atoms with Crippen molar-refractivity contribution in [1.29, 1.82) is 0 Å². The van der Waals surface area contributed by atoms with Crippen molar-refractivity contribution in [2.24, 2.45) is 10.8 Å². The average Bonchev–Trinajstić information content (AvgIpc) is 2.01. The number of carbonyl (C=O) groups is 1. The van der Waals surface area contributed by atoms with E-state index in [4.69, 9.17) is 0 Å². The van der Waals surface area contributed by atoms with E-state index in [0.717, 1.165) is 12.8 Å². The van der Waals surface area contributed by atoms with E-state index in [-0.39, 0.29) is 10.8 Å². The minimum absolute atomic E-state index is 0.198. The Hall–Kier alpha value is -0.590. The van der Waals surface area contributed by atoms with E-state index in [1.165, 1.54) is 6.42 Å². The van der Waals surface area contributed by atoms with E-state index in [1.807, 2.05) is 0 Å². The molecule has 60 valence electrons. The minimum Gasteiger partial charge on any atom is -0.300 e. The van der Waals surface area contributed by atoms with Gasteiger partial charge >= 0.3 is 0 Å². The first-order valence-corrected chi connectivity index (χ1v) is 4.24. The van der Waals surface area contributed by atoms with Crippen LogP contribution in [0, 0.1) is 10.8 Å². The third-order valence-electron chi connectivity index (χ3n) is 2.90.